The molecule has 4 N–H and O–H groups in total. The first-order valence-electron chi connectivity index (χ1n) is 5.31. The van der Waals surface area contributed by atoms with Gasteiger partial charge in [-0.15, -0.1) is 0 Å². The summed E-state index contributed by atoms with van der Waals surface area (Å²) in [6.45, 7) is 0. The van der Waals surface area contributed by atoms with Crippen molar-refractivity contribution in [3.63, 3.8) is 0 Å². The maximum Gasteiger partial charge on any atom is 0.0528 e. The van der Waals surface area contributed by atoms with Crippen LogP contribution in [-0.2, 0) is 6.42 Å². The molecule has 0 aliphatic heterocycles. The van der Waals surface area contributed by atoms with Crippen LogP contribution >= 0.6 is 0 Å². The van der Waals surface area contributed by atoms with Gasteiger partial charge in [-0.3, -0.25) is 5.10 Å². The Balaban J connectivity index is 2.17. The minimum absolute atomic E-state index is 0.215. The van der Waals surface area contributed by atoms with Crippen LogP contribution in [-0.4, -0.2) is 17.2 Å². The average Bonchev–Trinajstić information content (AvgIpc) is 2.81. The number of rotatable bonds is 4. The van der Waals surface area contributed by atoms with Crippen LogP contribution in [0.5, 0.6) is 0 Å². The first kappa shape index (κ1) is 10.7. The van der Waals surface area contributed by atoms with Gasteiger partial charge in [-0.05, 0) is 31.2 Å². The largest absolute Gasteiger partial charge is 0.399 e. The molecule has 0 amide bonds. The van der Waals surface area contributed by atoms with Crippen molar-refractivity contribution in [3.05, 3.63) is 47.8 Å². The number of hydrogen-bond acceptors (Lipinski definition) is 3. The third kappa shape index (κ3) is 2.23. The normalized spacial score (nSPS) is 12.6. The molecule has 1 unspecified atom stereocenters. The van der Waals surface area contributed by atoms with Crippen molar-refractivity contribution in [3.8, 4) is 0 Å². The highest BCUT2D eigenvalue weighted by Crippen LogP contribution is 2.19. The number of H-pyrrole nitrogens is 1. The highest BCUT2D eigenvalue weighted by atomic mass is 15.1. The second-order valence-corrected chi connectivity index (χ2v) is 3.76. The van der Waals surface area contributed by atoms with E-state index in [1.807, 2.05) is 31.3 Å². The molecule has 0 aliphatic rings. The van der Waals surface area contributed by atoms with Crippen LogP contribution in [0.4, 0.5) is 5.69 Å². The van der Waals surface area contributed by atoms with E-state index in [1.165, 1.54) is 0 Å². The van der Waals surface area contributed by atoms with E-state index in [0.29, 0.717) is 0 Å². The predicted octanol–water partition coefficient (Wildman–Crippen LogP) is 1.50. The number of likely N-dealkylation sites (N-methyl/N-ethyl adjacent to an activating group) is 1. The van der Waals surface area contributed by atoms with Crippen LogP contribution in [0.15, 0.2) is 36.5 Å². The average molecular weight is 216 g/mol. The lowest BCUT2D eigenvalue weighted by molar-refractivity contribution is 0.575. The molecule has 1 aromatic heterocycles. The zero-order chi connectivity index (χ0) is 11.4. The number of aromatic nitrogens is 2. The van der Waals surface area contributed by atoms with Crippen LogP contribution in [0.1, 0.15) is 17.3 Å². The van der Waals surface area contributed by atoms with Gasteiger partial charge in [-0.2, -0.15) is 5.10 Å². The Labute approximate surface area is 94.9 Å². The van der Waals surface area contributed by atoms with Crippen LogP contribution in [0.25, 0.3) is 0 Å². The molecule has 4 nitrogen and oxygen atoms in total. The Morgan fingerprint density at radius 3 is 2.81 bits per heavy atom. The van der Waals surface area contributed by atoms with Gasteiger partial charge < -0.3 is 11.1 Å². The Hall–Kier alpha value is -1.81. The molecule has 0 aliphatic carbocycles. The molecule has 4 heteroatoms. The summed E-state index contributed by atoms with van der Waals surface area (Å²) >= 11 is 0. The molecule has 1 atom stereocenters. The number of aromatic amines is 1. The summed E-state index contributed by atoms with van der Waals surface area (Å²) in [7, 11) is 1.94. The third-order valence-electron chi connectivity index (χ3n) is 2.73. The van der Waals surface area contributed by atoms with E-state index in [1.54, 1.807) is 6.20 Å². The van der Waals surface area contributed by atoms with E-state index in [-0.39, 0.29) is 6.04 Å². The second kappa shape index (κ2) is 4.81. The lowest BCUT2D eigenvalue weighted by Crippen LogP contribution is -2.19. The number of nitrogens with one attached hydrogen (secondary N) is 2. The summed E-state index contributed by atoms with van der Waals surface area (Å²) in [5.74, 6) is 0. The summed E-state index contributed by atoms with van der Waals surface area (Å²) in [6.07, 6.45) is 2.61. The number of nitrogens with zero attached hydrogens (tertiary/aromatic N) is 1. The number of nitrogens with two attached hydrogens (primary N) is 1. The van der Waals surface area contributed by atoms with Gasteiger partial charge in [0.25, 0.3) is 0 Å². The van der Waals surface area contributed by atoms with E-state index >= 15 is 0 Å². The lowest BCUT2D eigenvalue weighted by Gasteiger charge is -2.15. The highest BCUT2D eigenvalue weighted by molar-refractivity contribution is 5.46. The quantitative estimate of drug-likeness (QED) is 0.678. The minimum Gasteiger partial charge on any atom is -0.399 e. The zero-order valence-electron chi connectivity index (χ0n) is 9.27. The summed E-state index contributed by atoms with van der Waals surface area (Å²) in [5, 5.41) is 10.2. The van der Waals surface area contributed by atoms with Gasteiger partial charge in [0.05, 0.1) is 11.7 Å². The number of benzene rings is 1. The topological polar surface area (TPSA) is 66.7 Å². The van der Waals surface area contributed by atoms with Gasteiger partial charge in [0, 0.05) is 11.9 Å². The molecule has 2 rings (SSSR count). The van der Waals surface area contributed by atoms with E-state index in [9.17, 15) is 0 Å². The fourth-order valence-corrected chi connectivity index (χ4v) is 1.77. The highest BCUT2D eigenvalue weighted by Gasteiger charge is 2.12. The zero-order valence-corrected chi connectivity index (χ0v) is 9.27. The fourth-order valence-electron chi connectivity index (χ4n) is 1.77. The molecule has 0 fully saturated rings. The molecule has 1 heterocycles. The number of anilines is 1. The van der Waals surface area contributed by atoms with E-state index < -0.39 is 0 Å². The van der Waals surface area contributed by atoms with Crippen molar-refractivity contribution >= 4 is 5.69 Å². The standard InChI is InChI=1S/C12H16N4/c1-14-12(11-6-7-15-16-11)8-9-4-2-3-5-10(9)13/h2-7,12,14H,8,13H2,1H3,(H,15,16). The van der Waals surface area contributed by atoms with Gasteiger partial charge in [-0.25, -0.2) is 0 Å². The molecular weight excluding hydrogens is 200 g/mol. The van der Waals surface area contributed by atoms with Gasteiger partial charge in [-0.1, -0.05) is 18.2 Å². The van der Waals surface area contributed by atoms with Crippen LogP contribution in [0.3, 0.4) is 0 Å². The van der Waals surface area contributed by atoms with Gasteiger partial charge in [0.15, 0.2) is 0 Å². The molecule has 0 saturated carbocycles. The maximum absolute atomic E-state index is 5.92. The predicted molar refractivity (Wildman–Crippen MR) is 64.9 cm³/mol. The van der Waals surface area contributed by atoms with Crippen molar-refractivity contribution in [1.29, 1.82) is 0 Å². The van der Waals surface area contributed by atoms with Crippen molar-refractivity contribution < 1.29 is 0 Å². The van der Waals surface area contributed by atoms with Crippen LogP contribution in [0, 0.1) is 0 Å². The summed E-state index contributed by atoms with van der Waals surface area (Å²) < 4.78 is 0. The first-order valence-corrected chi connectivity index (χ1v) is 5.31. The molecule has 84 valence electrons. The molecule has 1 aromatic carbocycles. The SMILES string of the molecule is CNC(Cc1ccccc1N)c1ccn[nH]1. The van der Waals surface area contributed by atoms with Crippen LogP contribution < -0.4 is 11.1 Å². The lowest BCUT2D eigenvalue weighted by atomic mass is 10.0. The molecule has 0 radical (unpaired) electrons. The number of para-hydroxylation sites is 1. The summed E-state index contributed by atoms with van der Waals surface area (Å²) in [6, 6.07) is 10.1. The number of nitrogen functional groups attached to an aromatic ring is 1. The molecule has 16 heavy (non-hydrogen) atoms. The molecule has 2 aromatic rings. The van der Waals surface area contributed by atoms with Crippen molar-refractivity contribution in [2.45, 2.75) is 12.5 Å². The first-order chi connectivity index (χ1) is 7.81. The van der Waals surface area contributed by atoms with Gasteiger partial charge in [0.1, 0.15) is 0 Å². The Kier molecular flexibility index (Phi) is 3.22. The Bertz CT molecular complexity index is 436. The van der Waals surface area contributed by atoms with Crippen molar-refractivity contribution in [2.75, 3.05) is 12.8 Å². The van der Waals surface area contributed by atoms with Crippen molar-refractivity contribution in [2.24, 2.45) is 0 Å². The van der Waals surface area contributed by atoms with Crippen molar-refractivity contribution in [1.82, 2.24) is 15.5 Å². The molecule has 0 bridgehead atoms. The summed E-state index contributed by atoms with van der Waals surface area (Å²) in [5.41, 5.74) is 8.98. The van der Waals surface area contributed by atoms with Gasteiger partial charge in [0.2, 0.25) is 0 Å². The second-order valence-electron chi connectivity index (χ2n) is 3.76. The smallest absolute Gasteiger partial charge is 0.0528 e. The fraction of sp³-hybridized carbons (Fsp3) is 0.250. The van der Waals surface area contributed by atoms with E-state index in [0.717, 1.165) is 23.4 Å². The van der Waals surface area contributed by atoms with Gasteiger partial charge >= 0.3 is 0 Å². The van der Waals surface area contributed by atoms with Crippen LogP contribution in [0.2, 0.25) is 0 Å². The maximum atomic E-state index is 5.92. The molecule has 0 saturated heterocycles. The summed E-state index contributed by atoms with van der Waals surface area (Å²) in [4.78, 5) is 0. The molecule has 0 spiro atoms. The third-order valence-corrected chi connectivity index (χ3v) is 2.73. The Morgan fingerprint density at radius 2 is 2.19 bits per heavy atom. The minimum atomic E-state index is 0.215. The molecular formula is C12H16N4. The Morgan fingerprint density at radius 1 is 1.38 bits per heavy atom. The van der Waals surface area contributed by atoms with E-state index in [2.05, 4.69) is 21.6 Å². The number of hydrogen-bond donors (Lipinski definition) is 3. The van der Waals surface area contributed by atoms with E-state index in [4.69, 9.17) is 5.73 Å². The monoisotopic (exact) mass is 216 g/mol.